The van der Waals surface area contributed by atoms with E-state index >= 15 is 0 Å². The molecule has 0 spiro atoms. The topological polar surface area (TPSA) is 0 Å². The molecular weight excluding hydrogens is 155 g/mol. The summed E-state index contributed by atoms with van der Waals surface area (Å²) in [6.45, 7) is 9.38. The molecule has 1 heteroatoms. The lowest BCUT2D eigenvalue weighted by Crippen LogP contribution is -2.07. The Labute approximate surface area is 85.9 Å². The van der Waals surface area contributed by atoms with Gasteiger partial charge in [0.25, 0.3) is 0 Å². The molecule has 0 saturated carbocycles. The van der Waals surface area contributed by atoms with Crippen LogP contribution in [0.2, 0.25) is 5.82 Å². The predicted octanol–water partition coefficient (Wildman–Crippen LogP) is 3.67. The third kappa shape index (κ3) is 6.18. The minimum Gasteiger partial charge on any atom is -0.0672 e. The molecular formula is C12H27B. The molecule has 3 unspecified atom stereocenters. The van der Waals surface area contributed by atoms with Gasteiger partial charge in [-0.2, -0.15) is 0 Å². The van der Waals surface area contributed by atoms with Crippen molar-refractivity contribution in [2.24, 2.45) is 11.8 Å². The summed E-state index contributed by atoms with van der Waals surface area (Å²) < 4.78 is 0. The van der Waals surface area contributed by atoms with Crippen LogP contribution in [0.3, 0.4) is 0 Å². The molecule has 3 atom stereocenters. The molecule has 0 saturated heterocycles. The van der Waals surface area contributed by atoms with E-state index in [1.165, 1.54) is 32.1 Å². The molecule has 0 N–H and O–H groups in total. The largest absolute Gasteiger partial charge is 0.105 e. The molecule has 0 rings (SSSR count). The van der Waals surface area contributed by atoms with E-state index in [0.29, 0.717) is 0 Å². The van der Waals surface area contributed by atoms with E-state index in [-0.39, 0.29) is 0 Å². The maximum Gasteiger partial charge on any atom is 0.105 e. The van der Waals surface area contributed by atoms with Gasteiger partial charge in [-0.05, 0) is 11.8 Å². The highest BCUT2D eigenvalue weighted by atomic mass is 14.1. The van der Waals surface area contributed by atoms with Crippen molar-refractivity contribution in [3.63, 3.8) is 0 Å². The van der Waals surface area contributed by atoms with E-state index in [1.807, 2.05) is 0 Å². The van der Waals surface area contributed by atoms with Gasteiger partial charge in [0.15, 0.2) is 0 Å². The van der Waals surface area contributed by atoms with Crippen LogP contribution in [0.4, 0.5) is 0 Å². The van der Waals surface area contributed by atoms with Gasteiger partial charge in [0, 0.05) is 0 Å². The molecule has 13 heavy (non-hydrogen) atoms. The Morgan fingerprint density at radius 3 is 2.08 bits per heavy atom. The first-order valence-corrected chi connectivity index (χ1v) is 6.11. The van der Waals surface area contributed by atoms with Crippen molar-refractivity contribution in [2.45, 2.75) is 65.6 Å². The molecule has 0 bridgehead atoms. The van der Waals surface area contributed by atoms with Crippen LogP contribution < -0.4 is 0 Å². The maximum absolute atomic E-state index is 2.42. The van der Waals surface area contributed by atoms with E-state index in [9.17, 15) is 0 Å². The highest BCUT2D eigenvalue weighted by Crippen LogP contribution is 2.26. The van der Waals surface area contributed by atoms with Gasteiger partial charge in [0.1, 0.15) is 7.85 Å². The summed E-state index contributed by atoms with van der Waals surface area (Å²) in [5, 5.41) is 0. The third-order valence-electron chi connectivity index (χ3n) is 3.53. The zero-order valence-electron chi connectivity index (χ0n) is 10.3. The van der Waals surface area contributed by atoms with Gasteiger partial charge in [0.2, 0.25) is 0 Å². The van der Waals surface area contributed by atoms with E-state index < -0.39 is 0 Å². The van der Waals surface area contributed by atoms with Crippen molar-refractivity contribution in [3.8, 4) is 0 Å². The Bertz CT molecular complexity index is 112. The van der Waals surface area contributed by atoms with Crippen molar-refractivity contribution in [2.75, 3.05) is 0 Å². The molecule has 0 aliphatic rings. The maximum atomic E-state index is 2.42. The number of hydrogen-bond donors (Lipinski definition) is 0. The first-order chi connectivity index (χ1) is 6.11. The van der Waals surface area contributed by atoms with Crippen LogP contribution in [0.15, 0.2) is 0 Å². The summed E-state index contributed by atoms with van der Waals surface area (Å²) in [4.78, 5) is 0. The fourth-order valence-electron chi connectivity index (χ4n) is 1.78. The highest BCUT2D eigenvalue weighted by molar-refractivity contribution is 6.11. The molecule has 0 heterocycles. The second kappa shape index (κ2) is 7.47. The summed E-state index contributed by atoms with van der Waals surface area (Å²) >= 11 is 0. The van der Waals surface area contributed by atoms with Gasteiger partial charge < -0.3 is 0 Å². The van der Waals surface area contributed by atoms with Gasteiger partial charge in [-0.15, -0.1) is 0 Å². The Kier molecular flexibility index (Phi) is 7.50. The summed E-state index contributed by atoms with van der Waals surface area (Å²) in [5.74, 6) is 2.78. The first kappa shape index (κ1) is 13.1. The Balaban J connectivity index is 3.54. The molecule has 0 aromatic heterocycles. The number of rotatable bonds is 7. The predicted molar refractivity (Wildman–Crippen MR) is 65.1 cm³/mol. The van der Waals surface area contributed by atoms with Gasteiger partial charge >= 0.3 is 0 Å². The lowest BCUT2D eigenvalue weighted by atomic mass is 9.72. The Morgan fingerprint density at radius 2 is 1.62 bits per heavy atom. The van der Waals surface area contributed by atoms with Crippen molar-refractivity contribution in [3.05, 3.63) is 0 Å². The monoisotopic (exact) mass is 182 g/mol. The fraction of sp³-hybridized carbons (Fsp3) is 1.00. The van der Waals surface area contributed by atoms with Gasteiger partial charge in [-0.1, -0.05) is 65.6 Å². The van der Waals surface area contributed by atoms with E-state index in [4.69, 9.17) is 0 Å². The van der Waals surface area contributed by atoms with E-state index in [1.54, 1.807) is 0 Å². The first-order valence-electron chi connectivity index (χ1n) is 6.11. The molecule has 78 valence electrons. The second-order valence-corrected chi connectivity index (χ2v) is 4.83. The van der Waals surface area contributed by atoms with Crippen LogP contribution in [0.1, 0.15) is 59.8 Å². The number of hydrogen-bond acceptors (Lipinski definition) is 0. The molecule has 0 fully saturated rings. The zero-order chi connectivity index (χ0) is 10.3. The van der Waals surface area contributed by atoms with Crippen LogP contribution in [0, 0.1) is 11.8 Å². The average Bonchev–Trinajstić information content (AvgIpc) is 2.13. The van der Waals surface area contributed by atoms with Crippen molar-refractivity contribution in [1.29, 1.82) is 0 Å². The van der Waals surface area contributed by atoms with Gasteiger partial charge in [0.05, 0.1) is 0 Å². The highest BCUT2D eigenvalue weighted by Gasteiger charge is 2.11. The minimum absolute atomic E-state index is 0.925. The molecule has 0 aromatic rings. The zero-order valence-corrected chi connectivity index (χ0v) is 10.3. The molecule has 0 radical (unpaired) electrons. The lowest BCUT2D eigenvalue weighted by molar-refractivity contribution is 0.398. The summed E-state index contributed by atoms with van der Waals surface area (Å²) in [5.41, 5.74) is 0. The molecule has 0 aliphatic heterocycles. The van der Waals surface area contributed by atoms with E-state index in [0.717, 1.165) is 17.7 Å². The van der Waals surface area contributed by atoms with Crippen molar-refractivity contribution >= 4 is 7.85 Å². The summed E-state index contributed by atoms with van der Waals surface area (Å²) in [6.07, 6.45) is 6.94. The van der Waals surface area contributed by atoms with Crippen LogP contribution in [0.5, 0.6) is 0 Å². The van der Waals surface area contributed by atoms with E-state index in [2.05, 4.69) is 35.5 Å². The van der Waals surface area contributed by atoms with Crippen molar-refractivity contribution < 1.29 is 0 Å². The smallest absolute Gasteiger partial charge is 0.0672 e. The normalized spacial score (nSPS) is 18.2. The second-order valence-electron chi connectivity index (χ2n) is 4.83. The van der Waals surface area contributed by atoms with Crippen LogP contribution in [-0.2, 0) is 0 Å². The summed E-state index contributed by atoms with van der Waals surface area (Å²) in [6, 6.07) is 0. The molecule has 0 amide bonds. The molecule has 0 nitrogen and oxygen atoms in total. The van der Waals surface area contributed by atoms with Crippen LogP contribution >= 0.6 is 0 Å². The Morgan fingerprint density at radius 1 is 1.00 bits per heavy atom. The van der Waals surface area contributed by atoms with Gasteiger partial charge in [-0.25, -0.2) is 0 Å². The van der Waals surface area contributed by atoms with Crippen molar-refractivity contribution in [1.82, 2.24) is 0 Å². The van der Waals surface area contributed by atoms with Crippen LogP contribution in [0.25, 0.3) is 0 Å². The third-order valence-corrected chi connectivity index (χ3v) is 3.53. The molecule has 0 aliphatic carbocycles. The minimum atomic E-state index is 0.925. The fourth-order valence-corrected chi connectivity index (χ4v) is 1.78. The molecule has 0 aromatic carbocycles. The SMILES string of the molecule is BC(CCC)C(C)CCC(C)CC. The van der Waals surface area contributed by atoms with Gasteiger partial charge in [-0.3, -0.25) is 0 Å². The average molecular weight is 182 g/mol. The Hall–Kier alpha value is 0.0649. The summed E-state index contributed by atoms with van der Waals surface area (Å²) in [7, 11) is 2.41. The quantitative estimate of drug-likeness (QED) is 0.527. The lowest BCUT2D eigenvalue weighted by Gasteiger charge is -2.20. The van der Waals surface area contributed by atoms with Crippen LogP contribution in [-0.4, -0.2) is 7.85 Å². The standard InChI is InChI=1S/C12H27B/c1-5-7-12(13)11(4)9-8-10(3)6-2/h10-12H,5-9,13H2,1-4H3.